The van der Waals surface area contributed by atoms with Gasteiger partial charge in [0.25, 0.3) is 0 Å². The molecular formula is C11H13ClFNO3. The van der Waals surface area contributed by atoms with E-state index in [2.05, 4.69) is 4.74 Å². The van der Waals surface area contributed by atoms with Crippen molar-refractivity contribution in [2.75, 3.05) is 6.61 Å². The van der Waals surface area contributed by atoms with Crippen molar-refractivity contribution >= 4 is 17.6 Å². The van der Waals surface area contributed by atoms with Crippen LogP contribution in [0.3, 0.4) is 0 Å². The van der Waals surface area contributed by atoms with Gasteiger partial charge in [-0.2, -0.15) is 0 Å². The number of halogens is 2. The molecule has 3 N–H and O–H groups in total. The highest BCUT2D eigenvalue weighted by atomic mass is 35.5. The summed E-state index contributed by atoms with van der Waals surface area (Å²) >= 11 is 5.66. The van der Waals surface area contributed by atoms with Crippen molar-refractivity contribution in [1.82, 2.24) is 0 Å². The molecule has 0 spiro atoms. The molecule has 6 heteroatoms. The van der Waals surface area contributed by atoms with E-state index in [9.17, 15) is 14.3 Å². The van der Waals surface area contributed by atoms with Crippen molar-refractivity contribution in [2.24, 2.45) is 5.73 Å². The number of ether oxygens (including phenoxy) is 1. The van der Waals surface area contributed by atoms with Crippen molar-refractivity contribution in [2.45, 2.75) is 19.1 Å². The fourth-order valence-corrected chi connectivity index (χ4v) is 1.46. The van der Waals surface area contributed by atoms with Crippen LogP contribution in [0.2, 0.25) is 5.02 Å². The van der Waals surface area contributed by atoms with Crippen LogP contribution in [0.1, 0.15) is 18.5 Å². The second-order valence-corrected chi connectivity index (χ2v) is 3.80. The minimum atomic E-state index is -1.96. The summed E-state index contributed by atoms with van der Waals surface area (Å²) in [7, 11) is 0. The fourth-order valence-electron chi connectivity index (χ4n) is 1.27. The van der Waals surface area contributed by atoms with Gasteiger partial charge in [0, 0.05) is 0 Å². The maximum atomic E-state index is 13.6. The lowest BCUT2D eigenvalue weighted by Crippen LogP contribution is -2.31. The maximum Gasteiger partial charge on any atom is 0.342 e. The summed E-state index contributed by atoms with van der Waals surface area (Å²) in [4.78, 5) is 11.2. The Kier molecular flexibility index (Phi) is 4.72. The molecule has 17 heavy (non-hydrogen) atoms. The van der Waals surface area contributed by atoms with E-state index in [4.69, 9.17) is 17.3 Å². The Morgan fingerprint density at radius 1 is 1.65 bits per heavy atom. The third-order valence-electron chi connectivity index (χ3n) is 2.18. The molecule has 0 aliphatic carbocycles. The normalized spacial score (nSPS) is 14.1. The zero-order valence-corrected chi connectivity index (χ0v) is 9.95. The number of hydrogen-bond donors (Lipinski definition) is 2. The smallest absolute Gasteiger partial charge is 0.342 e. The van der Waals surface area contributed by atoms with Crippen LogP contribution < -0.4 is 5.73 Å². The summed E-state index contributed by atoms with van der Waals surface area (Å²) in [5, 5.41) is 9.25. The highest BCUT2D eigenvalue weighted by Crippen LogP contribution is 2.27. The van der Waals surface area contributed by atoms with Crippen LogP contribution in [0.5, 0.6) is 5.75 Å². The van der Waals surface area contributed by atoms with Gasteiger partial charge < -0.3 is 15.6 Å². The van der Waals surface area contributed by atoms with Gasteiger partial charge in [-0.15, -0.1) is 0 Å². The zero-order valence-electron chi connectivity index (χ0n) is 9.19. The van der Waals surface area contributed by atoms with E-state index < -0.39 is 18.2 Å². The molecule has 0 saturated carbocycles. The quantitative estimate of drug-likeness (QED) is 0.813. The van der Waals surface area contributed by atoms with Gasteiger partial charge in [0.1, 0.15) is 5.75 Å². The molecule has 1 unspecified atom stereocenters. The summed E-state index contributed by atoms with van der Waals surface area (Å²) in [6.45, 7) is 1.66. The lowest BCUT2D eigenvalue weighted by atomic mass is 10.0. The largest absolute Gasteiger partial charge is 0.506 e. The molecule has 1 aromatic carbocycles. The Bertz CT molecular complexity index is 414. The van der Waals surface area contributed by atoms with Crippen LogP contribution in [-0.2, 0) is 9.53 Å². The first-order chi connectivity index (χ1) is 7.97. The van der Waals surface area contributed by atoms with Gasteiger partial charge in [-0.25, -0.2) is 9.18 Å². The Morgan fingerprint density at radius 2 is 2.29 bits per heavy atom. The summed E-state index contributed by atoms with van der Waals surface area (Å²) in [6.07, 6.45) is -1.96. The minimum absolute atomic E-state index is 0.0500. The molecule has 0 radical (unpaired) electrons. The number of alkyl halides is 1. The number of carbonyl (C=O) groups excluding carboxylic acids is 1. The first-order valence-corrected chi connectivity index (χ1v) is 5.39. The van der Waals surface area contributed by atoms with E-state index in [1.165, 1.54) is 18.2 Å². The number of carbonyl (C=O) groups is 1. The van der Waals surface area contributed by atoms with Crippen molar-refractivity contribution in [3.8, 4) is 5.75 Å². The van der Waals surface area contributed by atoms with Gasteiger partial charge in [-0.3, -0.25) is 0 Å². The van der Waals surface area contributed by atoms with E-state index >= 15 is 0 Å². The van der Waals surface area contributed by atoms with Crippen LogP contribution in [0.25, 0.3) is 0 Å². The Balaban J connectivity index is 2.84. The molecule has 0 heterocycles. The van der Waals surface area contributed by atoms with E-state index in [0.29, 0.717) is 5.56 Å². The summed E-state index contributed by atoms with van der Waals surface area (Å²) in [5.41, 5.74) is 5.89. The van der Waals surface area contributed by atoms with Crippen LogP contribution in [0.4, 0.5) is 4.39 Å². The number of esters is 1. The molecule has 0 amide bonds. The Hall–Kier alpha value is -1.33. The highest BCUT2D eigenvalue weighted by molar-refractivity contribution is 6.32. The number of rotatable bonds is 4. The number of aromatic hydroxyl groups is 1. The molecule has 0 aliphatic rings. The fraction of sp³-hybridized carbons (Fsp3) is 0.364. The molecule has 0 saturated heterocycles. The lowest BCUT2D eigenvalue weighted by Gasteiger charge is -2.16. The molecule has 0 bridgehead atoms. The minimum Gasteiger partial charge on any atom is -0.506 e. The van der Waals surface area contributed by atoms with E-state index in [0.717, 1.165) is 0 Å². The first-order valence-electron chi connectivity index (χ1n) is 5.02. The molecule has 2 atom stereocenters. The maximum absolute atomic E-state index is 13.6. The molecule has 1 aromatic rings. The zero-order chi connectivity index (χ0) is 13.0. The molecule has 4 nitrogen and oxygen atoms in total. The van der Waals surface area contributed by atoms with Crippen LogP contribution in [0, 0.1) is 0 Å². The van der Waals surface area contributed by atoms with Crippen LogP contribution in [-0.4, -0.2) is 23.9 Å². The van der Waals surface area contributed by atoms with Crippen LogP contribution in [0.15, 0.2) is 18.2 Å². The predicted molar refractivity (Wildman–Crippen MR) is 61.6 cm³/mol. The molecule has 0 aromatic heterocycles. The van der Waals surface area contributed by atoms with Gasteiger partial charge in [-0.1, -0.05) is 17.7 Å². The molecular weight excluding hydrogens is 249 g/mol. The van der Waals surface area contributed by atoms with E-state index in [1.807, 2.05) is 0 Å². The topological polar surface area (TPSA) is 72.5 Å². The second-order valence-electron chi connectivity index (χ2n) is 3.39. The highest BCUT2D eigenvalue weighted by Gasteiger charge is 2.28. The number of nitrogens with two attached hydrogens (primary N) is 1. The summed E-state index contributed by atoms with van der Waals surface area (Å²) < 4.78 is 18.1. The summed E-state index contributed by atoms with van der Waals surface area (Å²) in [5.74, 6) is -1.14. The summed E-state index contributed by atoms with van der Waals surface area (Å²) in [6, 6.07) is 2.83. The number of phenols is 1. The van der Waals surface area contributed by atoms with Crippen molar-refractivity contribution in [1.29, 1.82) is 0 Å². The third kappa shape index (κ3) is 3.31. The molecule has 0 fully saturated rings. The molecule has 1 rings (SSSR count). The third-order valence-corrected chi connectivity index (χ3v) is 2.49. The van der Waals surface area contributed by atoms with Crippen molar-refractivity contribution in [3.05, 3.63) is 28.8 Å². The van der Waals surface area contributed by atoms with Gasteiger partial charge in [0.15, 0.2) is 0 Å². The second kappa shape index (κ2) is 5.84. The average Bonchev–Trinajstić information content (AvgIpc) is 2.31. The van der Waals surface area contributed by atoms with Gasteiger partial charge >= 0.3 is 5.97 Å². The number of phenolic OH excluding ortho intramolecular Hbond substituents is 1. The van der Waals surface area contributed by atoms with Gasteiger partial charge in [0.2, 0.25) is 6.17 Å². The number of benzene rings is 1. The van der Waals surface area contributed by atoms with Gasteiger partial charge in [0.05, 0.1) is 17.7 Å². The molecule has 94 valence electrons. The lowest BCUT2D eigenvalue weighted by molar-refractivity contribution is -0.149. The van der Waals surface area contributed by atoms with Crippen LogP contribution >= 0.6 is 11.6 Å². The Morgan fingerprint density at radius 3 is 2.82 bits per heavy atom. The SMILES string of the molecule is CCOC(=O)C(F)[C@@H](N)c1ccc(O)c(Cl)c1. The first kappa shape index (κ1) is 13.7. The van der Waals surface area contributed by atoms with Crippen molar-refractivity contribution < 1.29 is 19.0 Å². The standard InChI is InChI=1S/C11H13ClFNO3/c1-2-17-11(16)9(13)10(14)6-3-4-8(15)7(12)5-6/h3-5,9-10,15H,2,14H2,1H3/t9?,10-/m0/s1. The van der Waals surface area contributed by atoms with E-state index in [-0.39, 0.29) is 17.4 Å². The predicted octanol–water partition coefficient (Wildman–Crippen LogP) is 1.95. The average molecular weight is 262 g/mol. The monoisotopic (exact) mass is 261 g/mol. The van der Waals surface area contributed by atoms with E-state index in [1.54, 1.807) is 6.92 Å². The molecule has 0 aliphatic heterocycles. The van der Waals surface area contributed by atoms with Crippen molar-refractivity contribution in [3.63, 3.8) is 0 Å². The van der Waals surface area contributed by atoms with Gasteiger partial charge in [-0.05, 0) is 24.6 Å². The Labute approximate surface area is 103 Å². The number of hydrogen-bond acceptors (Lipinski definition) is 4.